The Balaban J connectivity index is 1.90. The van der Waals surface area contributed by atoms with Crippen LogP contribution in [0, 0.1) is 0 Å². The third-order valence-corrected chi connectivity index (χ3v) is 3.10. The highest BCUT2D eigenvalue weighted by Crippen LogP contribution is 2.24. The molecule has 0 bridgehead atoms. The van der Waals surface area contributed by atoms with Crippen molar-refractivity contribution in [1.82, 2.24) is 0 Å². The van der Waals surface area contributed by atoms with Crippen molar-refractivity contribution in [1.29, 1.82) is 0 Å². The highest BCUT2D eigenvalue weighted by Gasteiger charge is 2.31. The molecular weight excluding hydrogens is 380 g/mol. The van der Waals surface area contributed by atoms with E-state index in [1.165, 1.54) is 24.3 Å². The minimum atomic E-state index is -4.77. The Labute approximate surface area is 149 Å². The summed E-state index contributed by atoms with van der Waals surface area (Å²) in [4.78, 5) is 5.10. The minimum Gasteiger partial charge on any atom is -0.406 e. The molecule has 0 atom stereocenters. The zero-order valence-electron chi connectivity index (χ0n) is 13.8. The van der Waals surface area contributed by atoms with E-state index in [0.29, 0.717) is 16.8 Å². The van der Waals surface area contributed by atoms with Crippen LogP contribution in [0.15, 0.2) is 53.7 Å². The quantitative estimate of drug-likeness (QED) is 0.374. The van der Waals surface area contributed by atoms with Crippen LogP contribution < -0.4 is 9.47 Å². The van der Waals surface area contributed by atoms with Gasteiger partial charge < -0.3 is 14.3 Å². The van der Waals surface area contributed by atoms with Crippen LogP contribution in [-0.2, 0) is 11.4 Å². The fourth-order valence-electron chi connectivity index (χ4n) is 1.94. The summed E-state index contributed by atoms with van der Waals surface area (Å²) < 4.78 is 80.0. The van der Waals surface area contributed by atoms with Gasteiger partial charge in [0, 0.05) is 0 Å². The van der Waals surface area contributed by atoms with Gasteiger partial charge in [-0.25, -0.2) is 0 Å². The topological polar surface area (TPSA) is 40.0 Å². The summed E-state index contributed by atoms with van der Waals surface area (Å²) in [5.74, 6) is -0.715. The zero-order valence-corrected chi connectivity index (χ0v) is 13.8. The summed E-state index contributed by atoms with van der Waals surface area (Å²) in [7, 11) is 0. The number of hydrogen-bond donors (Lipinski definition) is 0. The molecule has 0 spiro atoms. The zero-order chi connectivity index (χ0) is 20.1. The van der Waals surface area contributed by atoms with Crippen LogP contribution in [-0.4, -0.2) is 18.4 Å². The van der Waals surface area contributed by atoms with Crippen LogP contribution in [0.2, 0.25) is 0 Å². The van der Waals surface area contributed by atoms with Crippen molar-refractivity contribution in [2.24, 2.45) is 5.16 Å². The van der Waals surface area contributed by atoms with Crippen LogP contribution in [0.3, 0.4) is 0 Å². The number of benzene rings is 2. The lowest BCUT2D eigenvalue weighted by Gasteiger charge is -2.09. The largest absolute Gasteiger partial charge is 0.573 e. The first-order chi connectivity index (χ1) is 12.5. The molecule has 0 N–H and O–H groups in total. The van der Waals surface area contributed by atoms with E-state index in [1.54, 1.807) is 6.92 Å². The van der Waals surface area contributed by atoms with Crippen molar-refractivity contribution in [3.63, 3.8) is 0 Å². The van der Waals surface area contributed by atoms with Gasteiger partial charge in [0.15, 0.2) is 0 Å². The normalized spacial score (nSPS) is 12.6. The van der Waals surface area contributed by atoms with Gasteiger partial charge in [0.1, 0.15) is 18.1 Å². The van der Waals surface area contributed by atoms with E-state index in [2.05, 4.69) is 14.6 Å². The van der Waals surface area contributed by atoms with E-state index in [1.807, 2.05) is 0 Å². The standard InChI is InChI=1S/C17H13F6NO3/c1-11(13-4-8-15(9-5-13)27-17(21,22)23)24-25-10-12-2-6-14(7-3-12)26-16(18,19)20/h2-9H,10H2,1H3/b24-11+. The summed E-state index contributed by atoms with van der Waals surface area (Å²) in [6, 6.07) is 10.1. The van der Waals surface area contributed by atoms with Crippen LogP contribution >= 0.6 is 0 Å². The van der Waals surface area contributed by atoms with Crippen LogP contribution in [0.1, 0.15) is 18.1 Å². The first-order valence-corrected chi connectivity index (χ1v) is 7.39. The Kier molecular flexibility index (Phi) is 6.19. The van der Waals surface area contributed by atoms with E-state index in [9.17, 15) is 26.3 Å². The molecular formula is C17H13F6NO3. The second kappa shape index (κ2) is 8.19. The molecule has 146 valence electrons. The first-order valence-electron chi connectivity index (χ1n) is 7.39. The fourth-order valence-corrected chi connectivity index (χ4v) is 1.94. The van der Waals surface area contributed by atoms with Gasteiger partial charge in [0.25, 0.3) is 0 Å². The molecule has 10 heteroatoms. The number of rotatable bonds is 6. The summed E-state index contributed by atoms with van der Waals surface area (Å²) in [5.41, 5.74) is 1.46. The van der Waals surface area contributed by atoms with Crippen LogP contribution in [0.25, 0.3) is 0 Å². The maximum Gasteiger partial charge on any atom is 0.573 e. The molecule has 2 aromatic carbocycles. The molecule has 27 heavy (non-hydrogen) atoms. The van der Waals surface area contributed by atoms with Crippen LogP contribution in [0.5, 0.6) is 11.5 Å². The third-order valence-electron chi connectivity index (χ3n) is 3.10. The molecule has 4 nitrogen and oxygen atoms in total. The highest BCUT2D eigenvalue weighted by molar-refractivity contribution is 5.98. The van der Waals surface area contributed by atoms with Crippen molar-refractivity contribution in [3.8, 4) is 11.5 Å². The molecule has 0 aliphatic heterocycles. The van der Waals surface area contributed by atoms with Gasteiger partial charge in [0.05, 0.1) is 5.71 Å². The van der Waals surface area contributed by atoms with Gasteiger partial charge in [-0.2, -0.15) is 0 Å². The van der Waals surface area contributed by atoms with E-state index < -0.39 is 12.7 Å². The van der Waals surface area contributed by atoms with E-state index in [-0.39, 0.29) is 18.1 Å². The molecule has 0 fully saturated rings. The van der Waals surface area contributed by atoms with Crippen LogP contribution in [0.4, 0.5) is 26.3 Å². The predicted molar refractivity (Wildman–Crippen MR) is 83.3 cm³/mol. The molecule has 0 radical (unpaired) electrons. The second-order valence-corrected chi connectivity index (χ2v) is 5.21. The molecule has 2 rings (SSSR count). The van der Waals surface area contributed by atoms with Gasteiger partial charge in [-0.1, -0.05) is 17.3 Å². The Morgan fingerprint density at radius 3 is 1.67 bits per heavy atom. The summed E-state index contributed by atoms with van der Waals surface area (Å²) in [6.45, 7) is 1.57. The average molecular weight is 393 g/mol. The number of hydrogen-bond acceptors (Lipinski definition) is 4. The SMILES string of the molecule is C/C(=N\OCc1ccc(OC(F)(F)F)cc1)c1ccc(OC(F)(F)F)cc1. The molecule has 2 aromatic rings. The number of ether oxygens (including phenoxy) is 2. The summed E-state index contributed by atoms with van der Waals surface area (Å²) in [5, 5.41) is 3.82. The lowest BCUT2D eigenvalue weighted by molar-refractivity contribution is -0.275. The van der Waals surface area contributed by atoms with E-state index >= 15 is 0 Å². The molecule has 0 saturated heterocycles. The lowest BCUT2D eigenvalue weighted by atomic mass is 10.1. The summed E-state index contributed by atoms with van der Waals surface area (Å²) in [6.07, 6.45) is -9.53. The molecule has 0 aromatic heterocycles. The number of oxime groups is 1. The Morgan fingerprint density at radius 1 is 0.778 bits per heavy atom. The fraction of sp³-hybridized carbons (Fsp3) is 0.235. The minimum absolute atomic E-state index is 0.0150. The molecule has 0 aliphatic carbocycles. The van der Waals surface area contributed by atoms with Gasteiger partial charge in [-0.15, -0.1) is 26.3 Å². The second-order valence-electron chi connectivity index (χ2n) is 5.21. The Hall–Kier alpha value is -2.91. The summed E-state index contributed by atoms with van der Waals surface area (Å²) >= 11 is 0. The number of alkyl halides is 6. The molecule has 0 unspecified atom stereocenters. The average Bonchev–Trinajstić information content (AvgIpc) is 2.54. The van der Waals surface area contributed by atoms with E-state index in [4.69, 9.17) is 4.84 Å². The third kappa shape index (κ3) is 7.47. The Morgan fingerprint density at radius 2 is 1.22 bits per heavy atom. The predicted octanol–water partition coefficient (Wildman–Crippen LogP) is 5.42. The molecule has 0 saturated carbocycles. The Bertz CT molecular complexity index is 767. The highest BCUT2D eigenvalue weighted by atomic mass is 19.4. The number of nitrogens with zero attached hydrogens (tertiary/aromatic N) is 1. The monoisotopic (exact) mass is 393 g/mol. The van der Waals surface area contributed by atoms with Gasteiger partial charge in [0.2, 0.25) is 0 Å². The van der Waals surface area contributed by atoms with Crippen molar-refractivity contribution in [3.05, 3.63) is 59.7 Å². The maximum absolute atomic E-state index is 12.1. The molecule has 0 aliphatic rings. The first kappa shape index (κ1) is 20.4. The van der Waals surface area contributed by atoms with Gasteiger partial charge in [-0.3, -0.25) is 0 Å². The van der Waals surface area contributed by atoms with Crippen molar-refractivity contribution >= 4 is 5.71 Å². The van der Waals surface area contributed by atoms with Crippen molar-refractivity contribution < 1.29 is 40.7 Å². The van der Waals surface area contributed by atoms with Gasteiger partial charge in [-0.05, 0) is 54.4 Å². The van der Waals surface area contributed by atoms with Crippen molar-refractivity contribution in [2.45, 2.75) is 26.3 Å². The van der Waals surface area contributed by atoms with Crippen molar-refractivity contribution in [2.75, 3.05) is 0 Å². The maximum atomic E-state index is 12.1. The van der Waals surface area contributed by atoms with Gasteiger partial charge >= 0.3 is 12.7 Å². The lowest BCUT2D eigenvalue weighted by Crippen LogP contribution is -2.17. The number of halogens is 6. The molecule has 0 amide bonds. The molecule has 0 heterocycles. The van der Waals surface area contributed by atoms with E-state index in [0.717, 1.165) is 24.3 Å². The smallest absolute Gasteiger partial charge is 0.406 e.